The SMILES string of the molecule is CN=C(NCCc1c[nH]c2ccc(F)cc12)NCCN1C(=O)C2C3C=CC(C3)C2C1=O. The van der Waals surface area contributed by atoms with E-state index in [2.05, 4.69) is 32.8 Å². The minimum absolute atomic E-state index is 0.0248. The third-order valence-corrected chi connectivity index (χ3v) is 6.83. The molecule has 2 heterocycles. The topological polar surface area (TPSA) is 89.6 Å². The molecule has 8 heteroatoms. The molecule has 1 aromatic carbocycles. The van der Waals surface area contributed by atoms with E-state index in [0.29, 0.717) is 32.0 Å². The second kappa shape index (κ2) is 7.83. The van der Waals surface area contributed by atoms with Crippen LogP contribution in [0.25, 0.3) is 10.9 Å². The molecule has 31 heavy (non-hydrogen) atoms. The Morgan fingerprint density at radius 3 is 2.58 bits per heavy atom. The molecule has 2 aromatic rings. The zero-order valence-electron chi connectivity index (χ0n) is 17.4. The van der Waals surface area contributed by atoms with E-state index >= 15 is 0 Å². The van der Waals surface area contributed by atoms with E-state index in [1.54, 1.807) is 13.1 Å². The van der Waals surface area contributed by atoms with Crippen LogP contribution in [0.15, 0.2) is 41.5 Å². The molecular weight excluding hydrogens is 397 g/mol. The van der Waals surface area contributed by atoms with E-state index in [0.717, 1.165) is 22.9 Å². The van der Waals surface area contributed by atoms with Gasteiger partial charge in [0.25, 0.3) is 0 Å². The summed E-state index contributed by atoms with van der Waals surface area (Å²) in [6, 6.07) is 4.71. The number of imide groups is 1. The van der Waals surface area contributed by atoms with Crippen molar-refractivity contribution in [3.63, 3.8) is 0 Å². The number of allylic oxidation sites excluding steroid dienone is 2. The Hall–Kier alpha value is -3.16. The average Bonchev–Trinajstić information content (AvgIpc) is 3.52. The number of amides is 2. The number of halogens is 1. The van der Waals surface area contributed by atoms with Crippen molar-refractivity contribution in [2.45, 2.75) is 12.8 Å². The number of carbonyl (C=O) groups is 2. The molecule has 1 saturated carbocycles. The van der Waals surface area contributed by atoms with Crippen LogP contribution in [-0.2, 0) is 16.0 Å². The predicted octanol–water partition coefficient (Wildman–Crippen LogP) is 1.82. The normalized spacial score (nSPS) is 26.9. The van der Waals surface area contributed by atoms with Crippen LogP contribution in [-0.4, -0.2) is 54.3 Å². The number of aliphatic imine (C=N–C) groups is 1. The molecule has 0 radical (unpaired) electrons. The highest BCUT2D eigenvalue weighted by molar-refractivity contribution is 6.06. The summed E-state index contributed by atoms with van der Waals surface area (Å²) in [6.07, 6.45) is 7.75. The fourth-order valence-electron chi connectivity index (χ4n) is 5.36. The number of H-pyrrole nitrogens is 1. The van der Waals surface area contributed by atoms with Crippen LogP contribution in [0.1, 0.15) is 12.0 Å². The van der Waals surface area contributed by atoms with Crippen LogP contribution < -0.4 is 10.6 Å². The van der Waals surface area contributed by atoms with E-state index in [-0.39, 0.29) is 41.3 Å². The number of nitrogens with one attached hydrogen (secondary N) is 3. The van der Waals surface area contributed by atoms with Crippen molar-refractivity contribution in [2.24, 2.45) is 28.7 Å². The van der Waals surface area contributed by atoms with Crippen molar-refractivity contribution in [1.82, 2.24) is 20.5 Å². The summed E-state index contributed by atoms with van der Waals surface area (Å²) in [6.45, 7) is 1.40. The lowest BCUT2D eigenvalue weighted by Crippen LogP contribution is -2.44. The molecule has 1 saturated heterocycles. The first kappa shape index (κ1) is 19.8. The molecule has 0 spiro atoms. The number of benzene rings is 1. The highest BCUT2D eigenvalue weighted by Crippen LogP contribution is 2.52. The molecule has 2 amide bonds. The van der Waals surface area contributed by atoms with Gasteiger partial charge in [0.1, 0.15) is 5.82 Å². The van der Waals surface area contributed by atoms with Gasteiger partial charge in [-0.3, -0.25) is 19.5 Å². The first-order valence-electron chi connectivity index (χ1n) is 10.8. The quantitative estimate of drug-likeness (QED) is 0.286. The van der Waals surface area contributed by atoms with E-state index in [1.807, 2.05) is 6.20 Å². The Morgan fingerprint density at radius 1 is 1.16 bits per heavy atom. The molecule has 5 rings (SSSR count). The van der Waals surface area contributed by atoms with Crippen molar-refractivity contribution >= 4 is 28.7 Å². The lowest BCUT2D eigenvalue weighted by molar-refractivity contribution is -0.140. The predicted molar refractivity (Wildman–Crippen MR) is 116 cm³/mol. The van der Waals surface area contributed by atoms with Gasteiger partial charge in [0, 0.05) is 43.8 Å². The smallest absolute Gasteiger partial charge is 0.233 e. The highest BCUT2D eigenvalue weighted by Gasteiger charge is 2.58. The second-order valence-electron chi connectivity index (χ2n) is 8.51. The molecule has 1 aromatic heterocycles. The largest absolute Gasteiger partial charge is 0.361 e. The number of guanidine groups is 1. The van der Waals surface area contributed by atoms with Crippen molar-refractivity contribution < 1.29 is 14.0 Å². The molecule has 2 fully saturated rings. The standard InChI is InChI=1S/C23H26FN5O2/c1-25-23(26-7-6-15-12-28-18-5-4-16(24)11-17(15)18)27-8-9-29-21(30)19-13-2-3-14(10-13)20(19)22(29)31/h2-5,11-14,19-20,28H,6-10H2,1H3,(H2,25,26,27). The van der Waals surface area contributed by atoms with Gasteiger partial charge in [0.15, 0.2) is 5.96 Å². The van der Waals surface area contributed by atoms with Gasteiger partial charge in [0.05, 0.1) is 11.8 Å². The minimum atomic E-state index is -0.252. The molecule has 2 aliphatic carbocycles. The zero-order chi connectivity index (χ0) is 21.5. The van der Waals surface area contributed by atoms with Crippen LogP contribution in [0.3, 0.4) is 0 Å². The Morgan fingerprint density at radius 2 is 1.87 bits per heavy atom. The molecule has 3 aliphatic rings. The van der Waals surface area contributed by atoms with Crippen molar-refractivity contribution in [3.05, 3.63) is 47.9 Å². The molecular formula is C23H26FN5O2. The van der Waals surface area contributed by atoms with E-state index in [1.165, 1.54) is 17.0 Å². The van der Waals surface area contributed by atoms with E-state index in [4.69, 9.17) is 0 Å². The molecule has 4 unspecified atom stereocenters. The van der Waals surface area contributed by atoms with Crippen LogP contribution in [0.5, 0.6) is 0 Å². The van der Waals surface area contributed by atoms with Crippen molar-refractivity contribution in [2.75, 3.05) is 26.7 Å². The molecule has 4 atom stereocenters. The summed E-state index contributed by atoms with van der Waals surface area (Å²) in [5, 5.41) is 7.29. The first-order valence-corrected chi connectivity index (χ1v) is 10.8. The van der Waals surface area contributed by atoms with Gasteiger partial charge in [-0.05, 0) is 48.4 Å². The molecule has 1 aliphatic heterocycles. The molecule has 3 N–H and O–H groups in total. The number of nitrogens with zero attached hydrogens (tertiary/aromatic N) is 2. The van der Waals surface area contributed by atoms with Gasteiger partial charge in [-0.1, -0.05) is 12.2 Å². The Kier molecular flexibility index (Phi) is 5.00. The Labute approximate surface area is 179 Å². The number of rotatable bonds is 6. The van der Waals surface area contributed by atoms with E-state index in [9.17, 15) is 14.0 Å². The monoisotopic (exact) mass is 423 g/mol. The first-order chi connectivity index (χ1) is 15.1. The fourth-order valence-corrected chi connectivity index (χ4v) is 5.36. The second-order valence-corrected chi connectivity index (χ2v) is 8.51. The Balaban J connectivity index is 1.11. The lowest BCUT2D eigenvalue weighted by Gasteiger charge is -2.18. The van der Waals surface area contributed by atoms with Crippen molar-refractivity contribution in [3.8, 4) is 0 Å². The number of fused-ring (bicyclic) bond motifs is 6. The summed E-state index contributed by atoms with van der Waals surface area (Å²) in [4.78, 5) is 34.2. The third-order valence-electron chi connectivity index (χ3n) is 6.83. The summed E-state index contributed by atoms with van der Waals surface area (Å²) < 4.78 is 13.5. The zero-order valence-corrected chi connectivity index (χ0v) is 17.4. The maximum absolute atomic E-state index is 13.5. The number of carbonyl (C=O) groups excluding carboxylic acids is 2. The number of aromatic amines is 1. The summed E-state index contributed by atoms with van der Waals surface area (Å²) >= 11 is 0. The van der Waals surface area contributed by atoms with Gasteiger partial charge in [0.2, 0.25) is 11.8 Å². The van der Waals surface area contributed by atoms with Crippen molar-refractivity contribution in [1.29, 1.82) is 0 Å². The average molecular weight is 423 g/mol. The van der Waals surface area contributed by atoms with Gasteiger partial charge in [-0.15, -0.1) is 0 Å². The number of aromatic nitrogens is 1. The third kappa shape index (κ3) is 3.40. The highest BCUT2D eigenvalue weighted by atomic mass is 19.1. The summed E-state index contributed by atoms with van der Waals surface area (Å²) in [5.74, 6) is 0.464. The van der Waals surface area contributed by atoms with Gasteiger partial charge >= 0.3 is 0 Å². The van der Waals surface area contributed by atoms with Crippen LogP contribution >= 0.6 is 0 Å². The van der Waals surface area contributed by atoms with Gasteiger partial charge < -0.3 is 15.6 Å². The fraction of sp³-hybridized carbons (Fsp3) is 0.435. The molecule has 2 bridgehead atoms. The number of hydrogen-bond acceptors (Lipinski definition) is 3. The van der Waals surface area contributed by atoms with E-state index < -0.39 is 0 Å². The molecule has 7 nitrogen and oxygen atoms in total. The Bertz CT molecular complexity index is 1060. The minimum Gasteiger partial charge on any atom is -0.361 e. The maximum Gasteiger partial charge on any atom is 0.233 e. The number of hydrogen-bond donors (Lipinski definition) is 3. The summed E-state index contributed by atoms with van der Waals surface area (Å²) in [5.41, 5.74) is 1.94. The molecule has 162 valence electrons. The van der Waals surface area contributed by atoms with Crippen LogP contribution in [0.2, 0.25) is 0 Å². The van der Waals surface area contributed by atoms with Crippen LogP contribution in [0, 0.1) is 29.5 Å². The lowest BCUT2D eigenvalue weighted by atomic mass is 9.85. The van der Waals surface area contributed by atoms with Gasteiger partial charge in [-0.25, -0.2) is 4.39 Å². The number of likely N-dealkylation sites (tertiary alicyclic amines) is 1. The summed E-state index contributed by atoms with van der Waals surface area (Å²) in [7, 11) is 1.68. The maximum atomic E-state index is 13.5. The van der Waals surface area contributed by atoms with Gasteiger partial charge in [-0.2, -0.15) is 0 Å². The van der Waals surface area contributed by atoms with Crippen LogP contribution in [0.4, 0.5) is 4.39 Å².